The first-order valence-corrected chi connectivity index (χ1v) is 6.25. The molecule has 0 spiro atoms. The van der Waals surface area contributed by atoms with E-state index in [0.29, 0.717) is 5.92 Å². The first-order valence-electron chi connectivity index (χ1n) is 6.25. The van der Waals surface area contributed by atoms with Crippen molar-refractivity contribution in [2.75, 3.05) is 20.2 Å². The van der Waals surface area contributed by atoms with Crippen molar-refractivity contribution in [3.8, 4) is 0 Å². The first-order chi connectivity index (χ1) is 8.61. The van der Waals surface area contributed by atoms with Crippen molar-refractivity contribution >= 4 is 5.97 Å². The summed E-state index contributed by atoms with van der Waals surface area (Å²) in [6.07, 6.45) is 2.42. The van der Waals surface area contributed by atoms with Crippen molar-refractivity contribution in [1.29, 1.82) is 0 Å². The largest absolute Gasteiger partial charge is 0.469 e. The van der Waals surface area contributed by atoms with Crippen molar-refractivity contribution in [3.63, 3.8) is 0 Å². The maximum atomic E-state index is 11.6. The molecule has 0 aromatic carbocycles. The highest BCUT2D eigenvalue weighted by Gasteiger charge is 2.32. The summed E-state index contributed by atoms with van der Waals surface area (Å²) < 4.78 is 6.63. The quantitative estimate of drug-likeness (QED) is 0.731. The molecule has 1 aliphatic heterocycles. The number of aromatic nitrogens is 3. The summed E-state index contributed by atoms with van der Waals surface area (Å²) >= 11 is 0. The van der Waals surface area contributed by atoms with E-state index in [4.69, 9.17) is 4.74 Å². The molecule has 2 atom stereocenters. The molecule has 0 aliphatic carbocycles. The highest BCUT2D eigenvalue weighted by Crippen LogP contribution is 2.25. The number of carbonyl (C=O) groups is 1. The van der Waals surface area contributed by atoms with E-state index in [1.54, 1.807) is 11.0 Å². The molecule has 6 heteroatoms. The van der Waals surface area contributed by atoms with E-state index in [2.05, 4.69) is 21.9 Å². The van der Waals surface area contributed by atoms with E-state index in [0.717, 1.165) is 31.9 Å². The number of esters is 1. The lowest BCUT2D eigenvalue weighted by molar-refractivity contribution is -0.149. The fourth-order valence-electron chi connectivity index (χ4n) is 2.54. The minimum Gasteiger partial charge on any atom is -0.469 e. The molecule has 0 radical (unpaired) electrons. The minimum absolute atomic E-state index is 0.0331. The van der Waals surface area contributed by atoms with Crippen LogP contribution in [0.1, 0.15) is 19.2 Å². The van der Waals surface area contributed by atoms with Crippen molar-refractivity contribution < 1.29 is 9.53 Å². The Morgan fingerprint density at radius 1 is 1.61 bits per heavy atom. The molecule has 0 amide bonds. The van der Waals surface area contributed by atoms with Gasteiger partial charge in [-0.15, -0.1) is 0 Å². The maximum absolute atomic E-state index is 11.6. The molecular formula is C12H20N4O2. The van der Waals surface area contributed by atoms with Gasteiger partial charge in [0.1, 0.15) is 12.2 Å². The summed E-state index contributed by atoms with van der Waals surface area (Å²) in [5.74, 6) is 1.23. The van der Waals surface area contributed by atoms with Crippen LogP contribution in [-0.2, 0) is 23.1 Å². The van der Waals surface area contributed by atoms with Gasteiger partial charge in [-0.05, 0) is 18.9 Å². The van der Waals surface area contributed by atoms with Crippen LogP contribution in [0.15, 0.2) is 6.33 Å². The van der Waals surface area contributed by atoms with E-state index < -0.39 is 0 Å². The fraction of sp³-hybridized carbons (Fsp3) is 0.750. The van der Waals surface area contributed by atoms with E-state index in [9.17, 15) is 4.79 Å². The second-order valence-corrected chi connectivity index (χ2v) is 4.93. The van der Waals surface area contributed by atoms with Crippen molar-refractivity contribution in [1.82, 2.24) is 19.7 Å². The van der Waals surface area contributed by atoms with Crippen molar-refractivity contribution in [2.45, 2.75) is 19.9 Å². The van der Waals surface area contributed by atoms with Gasteiger partial charge in [0.15, 0.2) is 0 Å². The SMILES string of the molecule is COC(=O)[C@H]1CCN(Cc2ncnn2C)C[C@H]1C. The smallest absolute Gasteiger partial charge is 0.309 e. The molecule has 0 bridgehead atoms. The molecule has 2 rings (SSSR count). The zero-order chi connectivity index (χ0) is 13.1. The van der Waals surface area contributed by atoms with Gasteiger partial charge in [0, 0.05) is 13.6 Å². The predicted molar refractivity (Wildman–Crippen MR) is 65.6 cm³/mol. The summed E-state index contributed by atoms with van der Waals surface area (Å²) in [4.78, 5) is 18.1. The number of nitrogens with zero attached hydrogens (tertiary/aromatic N) is 4. The average molecular weight is 252 g/mol. The standard InChI is InChI=1S/C12H20N4O2/c1-9-6-16(5-4-10(9)12(17)18-3)7-11-13-8-14-15(11)2/h8-10H,4-7H2,1-3H3/t9-,10+/m1/s1. The zero-order valence-corrected chi connectivity index (χ0v) is 11.2. The first kappa shape index (κ1) is 13.0. The Morgan fingerprint density at radius 3 is 2.94 bits per heavy atom. The van der Waals surface area contributed by atoms with Crippen LogP contribution in [0.4, 0.5) is 0 Å². The number of ether oxygens (including phenoxy) is 1. The van der Waals surface area contributed by atoms with Crippen LogP contribution >= 0.6 is 0 Å². The Bertz CT molecular complexity index is 418. The van der Waals surface area contributed by atoms with Gasteiger partial charge in [-0.25, -0.2) is 4.98 Å². The molecule has 1 aromatic rings. The van der Waals surface area contributed by atoms with Gasteiger partial charge < -0.3 is 4.74 Å². The van der Waals surface area contributed by atoms with Crippen molar-refractivity contribution in [2.24, 2.45) is 18.9 Å². The molecule has 1 aliphatic rings. The van der Waals surface area contributed by atoms with Gasteiger partial charge in [0.2, 0.25) is 0 Å². The van der Waals surface area contributed by atoms with Crippen LogP contribution < -0.4 is 0 Å². The Balaban J connectivity index is 1.92. The molecular weight excluding hydrogens is 232 g/mol. The van der Waals surface area contributed by atoms with Gasteiger partial charge in [-0.1, -0.05) is 6.92 Å². The number of methoxy groups -OCH3 is 1. The van der Waals surface area contributed by atoms with Gasteiger partial charge in [0.05, 0.1) is 19.6 Å². The summed E-state index contributed by atoms with van der Waals surface area (Å²) in [7, 11) is 3.36. The number of hydrogen-bond donors (Lipinski definition) is 0. The molecule has 100 valence electrons. The lowest BCUT2D eigenvalue weighted by atomic mass is 9.87. The number of hydrogen-bond acceptors (Lipinski definition) is 5. The molecule has 2 heterocycles. The predicted octanol–water partition coefficient (Wildman–Crippen LogP) is 0.446. The van der Waals surface area contributed by atoms with E-state index in [1.165, 1.54) is 7.11 Å². The highest BCUT2D eigenvalue weighted by atomic mass is 16.5. The zero-order valence-electron chi connectivity index (χ0n) is 11.2. The minimum atomic E-state index is -0.0826. The summed E-state index contributed by atoms with van der Waals surface area (Å²) in [5, 5.41) is 4.06. The maximum Gasteiger partial charge on any atom is 0.309 e. The third-order valence-corrected chi connectivity index (χ3v) is 3.66. The Hall–Kier alpha value is -1.43. The second kappa shape index (κ2) is 5.48. The van der Waals surface area contributed by atoms with E-state index in [-0.39, 0.29) is 11.9 Å². The normalized spacial score (nSPS) is 25.1. The van der Waals surface area contributed by atoms with Crippen molar-refractivity contribution in [3.05, 3.63) is 12.2 Å². The highest BCUT2D eigenvalue weighted by molar-refractivity contribution is 5.72. The van der Waals surface area contributed by atoms with Gasteiger partial charge in [0.25, 0.3) is 0 Å². The summed E-state index contributed by atoms with van der Waals surface area (Å²) in [6.45, 7) is 4.68. The van der Waals surface area contributed by atoms with Crippen LogP contribution in [0.5, 0.6) is 0 Å². The third-order valence-electron chi connectivity index (χ3n) is 3.66. The second-order valence-electron chi connectivity index (χ2n) is 4.93. The fourth-order valence-corrected chi connectivity index (χ4v) is 2.54. The lowest BCUT2D eigenvalue weighted by Gasteiger charge is -2.35. The molecule has 6 nitrogen and oxygen atoms in total. The molecule has 1 saturated heterocycles. The van der Waals surface area contributed by atoms with Crippen LogP contribution in [0.2, 0.25) is 0 Å². The molecule has 0 unspecified atom stereocenters. The summed E-state index contributed by atoms with van der Waals surface area (Å²) in [6, 6.07) is 0. The lowest BCUT2D eigenvalue weighted by Crippen LogP contribution is -2.42. The average Bonchev–Trinajstić information content (AvgIpc) is 2.74. The van der Waals surface area contributed by atoms with Crippen LogP contribution in [-0.4, -0.2) is 45.8 Å². The van der Waals surface area contributed by atoms with Crippen LogP contribution in [0, 0.1) is 11.8 Å². The monoisotopic (exact) mass is 252 g/mol. The Morgan fingerprint density at radius 2 is 2.39 bits per heavy atom. The van der Waals surface area contributed by atoms with E-state index in [1.807, 2.05) is 7.05 Å². The molecule has 18 heavy (non-hydrogen) atoms. The Kier molecular flexibility index (Phi) is 3.96. The van der Waals surface area contributed by atoms with Gasteiger partial charge in [-0.2, -0.15) is 5.10 Å². The number of piperidine rings is 1. The number of carbonyl (C=O) groups excluding carboxylic acids is 1. The molecule has 0 N–H and O–H groups in total. The number of aryl methyl sites for hydroxylation is 1. The summed E-state index contributed by atoms with van der Waals surface area (Å²) in [5.41, 5.74) is 0. The third kappa shape index (κ3) is 2.69. The Labute approximate surface area is 107 Å². The molecule has 0 saturated carbocycles. The topological polar surface area (TPSA) is 60.2 Å². The number of likely N-dealkylation sites (tertiary alicyclic amines) is 1. The van der Waals surface area contributed by atoms with Crippen LogP contribution in [0.3, 0.4) is 0 Å². The number of rotatable bonds is 3. The molecule has 1 fully saturated rings. The van der Waals surface area contributed by atoms with Gasteiger partial charge in [-0.3, -0.25) is 14.4 Å². The van der Waals surface area contributed by atoms with E-state index >= 15 is 0 Å². The van der Waals surface area contributed by atoms with Gasteiger partial charge >= 0.3 is 5.97 Å². The van der Waals surface area contributed by atoms with Crippen LogP contribution in [0.25, 0.3) is 0 Å². The molecule has 1 aromatic heterocycles.